The molecule has 4 heteroatoms. The Balaban J connectivity index is 2.20. The Morgan fingerprint density at radius 1 is 1.18 bits per heavy atom. The van der Waals surface area contributed by atoms with Gasteiger partial charge in [-0.3, -0.25) is 4.79 Å². The van der Waals surface area contributed by atoms with E-state index in [2.05, 4.69) is 15.9 Å². The molecule has 3 nitrogen and oxygen atoms in total. The number of para-hydroxylation sites is 1. The molecule has 1 aliphatic heterocycles. The van der Waals surface area contributed by atoms with Crippen LogP contribution in [0.2, 0.25) is 0 Å². The number of anilines is 1. The van der Waals surface area contributed by atoms with Crippen LogP contribution in [0.15, 0.2) is 22.7 Å². The number of rotatable bonds is 1. The molecular weight excluding hydrogens is 280 g/mol. The molecule has 0 spiro atoms. The quantitative estimate of drug-likeness (QED) is 0.810. The Morgan fingerprint density at radius 2 is 1.82 bits per heavy atom. The van der Waals surface area contributed by atoms with Crippen LogP contribution in [0.1, 0.15) is 36.0 Å². The molecule has 17 heavy (non-hydrogen) atoms. The molecule has 92 valence electrons. The predicted molar refractivity (Wildman–Crippen MR) is 72.9 cm³/mol. The second kappa shape index (κ2) is 5.54. The van der Waals surface area contributed by atoms with Gasteiger partial charge in [0.2, 0.25) is 0 Å². The number of amides is 1. The van der Waals surface area contributed by atoms with Gasteiger partial charge in [-0.1, -0.05) is 18.9 Å². The molecular formula is C13H17BrN2O. The minimum Gasteiger partial charge on any atom is -0.397 e. The van der Waals surface area contributed by atoms with E-state index < -0.39 is 0 Å². The monoisotopic (exact) mass is 296 g/mol. The highest BCUT2D eigenvalue weighted by molar-refractivity contribution is 9.10. The fourth-order valence-electron chi connectivity index (χ4n) is 2.17. The van der Waals surface area contributed by atoms with Crippen molar-refractivity contribution in [1.82, 2.24) is 4.90 Å². The molecule has 1 fully saturated rings. The van der Waals surface area contributed by atoms with Crippen LogP contribution in [0.5, 0.6) is 0 Å². The average molecular weight is 297 g/mol. The van der Waals surface area contributed by atoms with E-state index in [-0.39, 0.29) is 5.91 Å². The van der Waals surface area contributed by atoms with Gasteiger partial charge in [-0.2, -0.15) is 0 Å². The zero-order chi connectivity index (χ0) is 12.3. The van der Waals surface area contributed by atoms with Crippen molar-refractivity contribution in [3.8, 4) is 0 Å². The number of hydrogen-bond donors (Lipinski definition) is 1. The van der Waals surface area contributed by atoms with Gasteiger partial charge in [0.1, 0.15) is 0 Å². The SMILES string of the molecule is Nc1c(Br)cccc1C(=O)N1CCCCCC1. The third-order valence-electron chi connectivity index (χ3n) is 3.18. The van der Waals surface area contributed by atoms with Crippen LogP contribution >= 0.6 is 15.9 Å². The smallest absolute Gasteiger partial charge is 0.255 e. The summed E-state index contributed by atoms with van der Waals surface area (Å²) >= 11 is 3.36. The van der Waals surface area contributed by atoms with Gasteiger partial charge in [-0.15, -0.1) is 0 Å². The predicted octanol–water partition coefficient (Wildman–Crippen LogP) is 3.05. The zero-order valence-electron chi connectivity index (χ0n) is 9.79. The number of benzene rings is 1. The molecule has 1 aliphatic rings. The number of nitrogens with two attached hydrogens (primary N) is 1. The maximum Gasteiger partial charge on any atom is 0.255 e. The minimum atomic E-state index is 0.0608. The molecule has 1 amide bonds. The Morgan fingerprint density at radius 3 is 2.47 bits per heavy atom. The van der Waals surface area contributed by atoms with Crippen molar-refractivity contribution in [3.63, 3.8) is 0 Å². The number of carbonyl (C=O) groups excluding carboxylic acids is 1. The largest absolute Gasteiger partial charge is 0.397 e. The van der Waals surface area contributed by atoms with Crippen LogP contribution in [0.25, 0.3) is 0 Å². The Kier molecular flexibility index (Phi) is 4.05. The van der Waals surface area contributed by atoms with Crippen LogP contribution < -0.4 is 5.73 Å². The molecule has 1 saturated heterocycles. The summed E-state index contributed by atoms with van der Waals surface area (Å²) in [4.78, 5) is 14.3. The fraction of sp³-hybridized carbons (Fsp3) is 0.462. The minimum absolute atomic E-state index is 0.0608. The Hall–Kier alpha value is -1.03. The first kappa shape index (κ1) is 12.4. The van der Waals surface area contributed by atoms with E-state index in [1.165, 1.54) is 12.8 Å². The van der Waals surface area contributed by atoms with Gasteiger partial charge >= 0.3 is 0 Å². The van der Waals surface area contributed by atoms with Crippen molar-refractivity contribution in [1.29, 1.82) is 0 Å². The lowest BCUT2D eigenvalue weighted by Gasteiger charge is -2.21. The number of likely N-dealkylation sites (tertiary alicyclic amines) is 1. The normalized spacial score (nSPS) is 16.6. The summed E-state index contributed by atoms with van der Waals surface area (Å²) in [6, 6.07) is 5.51. The lowest BCUT2D eigenvalue weighted by Crippen LogP contribution is -2.32. The second-order valence-corrected chi connectivity index (χ2v) is 5.26. The standard InChI is InChI=1S/C13H17BrN2O/c14-11-7-5-6-10(12(11)15)13(17)16-8-3-1-2-4-9-16/h5-7H,1-4,8-9,15H2. The summed E-state index contributed by atoms with van der Waals surface area (Å²) in [7, 11) is 0. The molecule has 2 N–H and O–H groups in total. The average Bonchev–Trinajstić information content (AvgIpc) is 2.60. The summed E-state index contributed by atoms with van der Waals surface area (Å²) in [6.45, 7) is 1.70. The van der Waals surface area contributed by atoms with Crippen molar-refractivity contribution in [3.05, 3.63) is 28.2 Å². The first-order valence-corrected chi connectivity index (χ1v) is 6.82. The van der Waals surface area contributed by atoms with Gasteiger partial charge in [0.25, 0.3) is 5.91 Å². The second-order valence-electron chi connectivity index (χ2n) is 4.41. The van der Waals surface area contributed by atoms with E-state index in [0.717, 1.165) is 30.4 Å². The molecule has 0 bridgehead atoms. The van der Waals surface area contributed by atoms with Crippen molar-refractivity contribution >= 4 is 27.5 Å². The van der Waals surface area contributed by atoms with E-state index in [0.29, 0.717) is 11.3 Å². The molecule has 0 radical (unpaired) electrons. The zero-order valence-corrected chi connectivity index (χ0v) is 11.4. The summed E-state index contributed by atoms with van der Waals surface area (Å²) in [5.74, 6) is 0.0608. The van der Waals surface area contributed by atoms with E-state index in [1.807, 2.05) is 17.0 Å². The maximum absolute atomic E-state index is 12.4. The first-order valence-electron chi connectivity index (χ1n) is 6.03. The number of nitrogen functional groups attached to an aromatic ring is 1. The van der Waals surface area contributed by atoms with E-state index >= 15 is 0 Å². The topological polar surface area (TPSA) is 46.3 Å². The van der Waals surface area contributed by atoms with E-state index in [9.17, 15) is 4.79 Å². The van der Waals surface area contributed by atoms with E-state index in [4.69, 9.17) is 5.73 Å². The van der Waals surface area contributed by atoms with Crippen molar-refractivity contribution in [2.45, 2.75) is 25.7 Å². The number of nitrogens with zero attached hydrogens (tertiary/aromatic N) is 1. The van der Waals surface area contributed by atoms with Crippen LogP contribution in [0.4, 0.5) is 5.69 Å². The van der Waals surface area contributed by atoms with Crippen LogP contribution in [-0.4, -0.2) is 23.9 Å². The highest BCUT2D eigenvalue weighted by Gasteiger charge is 2.19. The van der Waals surface area contributed by atoms with Crippen molar-refractivity contribution < 1.29 is 4.79 Å². The highest BCUT2D eigenvalue weighted by Crippen LogP contribution is 2.25. The van der Waals surface area contributed by atoms with Gasteiger partial charge in [-0.05, 0) is 40.9 Å². The van der Waals surface area contributed by atoms with Gasteiger partial charge in [-0.25, -0.2) is 0 Å². The lowest BCUT2D eigenvalue weighted by atomic mass is 10.1. The first-order chi connectivity index (χ1) is 8.20. The van der Waals surface area contributed by atoms with E-state index in [1.54, 1.807) is 6.07 Å². The summed E-state index contributed by atoms with van der Waals surface area (Å²) in [5.41, 5.74) is 7.09. The van der Waals surface area contributed by atoms with Crippen LogP contribution in [-0.2, 0) is 0 Å². The van der Waals surface area contributed by atoms with Gasteiger partial charge in [0.05, 0.1) is 11.3 Å². The van der Waals surface area contributed by atoms with Crippen LogP contribution in [0, 0.1) is 0 Å². The third kappa shape index (κ3) is 2.80. The number of hydrogen-bond acceptors (Lipinski definition) is 2. The van der Waals surface area contributed by atoms with Crippen molar-refractivity contribution in [2.24, 2.45) is 0 Å². The molecule has 2 rings (SSSR count). The molecule has 0 aromatic heterocycles. The maximum atomic E-state index is 12.4. The van der Waals surface area contributed by atoms with Gasteiger partial charge < -0.3 is 10.6 Å². The Bertz CT molecular complexity index is 412. The number of halogens is 1. The number of carbonyl (C=O) groups is 1. The van der Waals surface area contributed by atoms with Crippen LogP contribution in [0.3, 0.4) is 0 Å². The molecule has 1 aromatic carbocycles. The molecule has 0 atom stereocenters. The fourth-order valence-corrected chi connectivity index (χ4v) is 2.53. The third-order valence-corrected chi connectivity index (χ3v) is 3.87. The molecule has 0 saturated carbocycles. The molecule has 1 aromatic rings. The lowest BCUT2D eigenvalue weighted by molar-refractivity contribution is 0.0762. The van der Waals surface area contributed by atoms with Gasteiger partial charge in [0, 0.05) is 17.6 Å². The summed E-state index contributed by atoms with van der Waals surface area (Å²) < 4.78 is 0.790. The molecule has 0 unspecified atom stereocenters. The van der Waals surface area contributed by atoms with Gasteiger partial charge in [0.15, 0.2) is 0 Å². The molecule has 1 heterocycles. The summed E-state index contributed by atoms with van der Waals surface area (Å²) in [6.07, 6.45) is 4.63. The highest BCUT2D eigenvalue weighted by atomic mass is 79.9. The summed E-state index contributed by atoms with van der Waals surface area (Å²) in [5, 5.41) is 0. The molecule has 0 aliphatic carbocycles. The van der Waals surface area contributed by atoms with Crippen molar-refractivity contribution in [2.75, 3.05) is 18.8 Å². The Labute approximate surface area is 110 Å².